The van der Waals surface area contributed by atoms with Gasteiger partial charge in [0.2, 0.25) is 0 Å². The van der Waals surface area contributed by atoms with E-state index in [1.165, 1.54) is 4.88 Å². The van der Waals surface area contributed by atoms with E-state index in [1.54, 1.807) is 17.4 Å². The van der Waals surface area contributed by atoms with E-state index in [-0.39, 0.29) is 5.92 Å². The van der Waals surface area contributed by atoms with Crippen molar-refractivity contribution in [2.24, 2.45) is 0 Å². The smallest absolute Gasteiger partial charge is 0.119 e. The third-order valence-corrected chi connectivity index (χ3v) is 4.57. The molecule has 3 aromatic rings. The lowest BCUT2D eigenvalue weighted by atomic mass is 9.90. The molecule has 0 saturated carbocycles. The number of pyridine rings is 1. The van der Waals surface area contributed by atoms with Gasteiger partial charge in [0.1, 0.15) is 5.75 Å². The maximum absolute atomic E-state index is 10.3. The quantitative estimate of drug-likeness (QED) is 0.767. The molecule has 0 amide bonds. The summed E-state index contributed by atoms with van der Waals surface area (Å²) < 4.78 is 0. The highest BCUT2D eigenvalue weighted by Gasteiger charge is 2.20. The standard InChI is InChI=1S/C18H17NOS/c1-13-7-8-17(20)15(11-13)16(18-6-4-10-21-18)12-14-5-2-3-9-19-14/h2-11,16,20H,12H2,1H3. The molecule has 0 radical (unpaired) electrons. The van der Waals surface area contributed by atoms with Crippen LogP contribution in [0.4, 0.5) is 0 Å². The molecule has 21 heavy (non-hydrogen) atoms. The van der Waals surface area contributed by atoms with Crippen LogP contribution >= 0.6 is 11.3 Å². The summed E-state index contributed by atoms with van der Waals surface area (Å²) in [6.45, 7) is 2.05. The number of hydrogen-bond acceptors (Lipinski definition) is 3. The van der Waals surface area contributed by atoms with Gasteiger partial charge in [-0.2, -0.15) is 0 Å². The van der Waals surface area contributed by atoms with Crippen LogP contribution in [0.1, 0.15) is 27.6 Å². The number of phenolic OH excluding ortho intramolecular Hbond substituents is 1. The number of aryl methyl sites for hydroxylation is 1. The molecule has 1 aromatic carbocycles. The Bertz CT molecular complexity index is 707. The Labute approximate surface area is 128 Å². The first-order valence-corrected chi connectivity index (χ1v) is 7.85. The molecule has 0 aliphatic heterocycles. The van der Waals surface area contributed by atoms with E-state index in [4.69, 9.17) is 0 Å². The van der Waals surface area contributed by atoms with E-state index in [1.807, 2.05) is 30.5 Å². The lowest BCUT2D eigenvalue weighted by molar-refractivity contribution is 0.464. The van der Waals surface area contributed by atoms with Crippen molar-refractivity contribution in [1.29, 1.82) is 0 Å². The van der Waals surface area contributed by atoms with E-state index in [9.17, 15) is 5.11 Å². The van der Waals surface area contributed by atoms with Gasteiger partial charge in [0.05, 0.1) is 0 Å². The lowest BCUT2D eigenvalue weighted by Gasteiger charge is -2.17. The van der Waals surface area contributed by atoms with Gasteiger partial charge in [-0.1, -0.05) is 29.8 Å². The van der Waals surface area contributed by atoms with Crippen molar-refractivity contribution in [3.05, 3.63) is 81.8 Å². The maximum Gasteiger partial charge on any atom is 0.119 e. The maximum atomic E-state index is 10.3. The van der Waals surface area contributed by atoms with Crippen LogP contribution in [0.3, 0.4) is 0 Å². The highest BCUT2D eigenvalue weighted by molar-refractivity contribution is 7.10. The summed E-state index contributed by atoms with van der Waals surface area (Å²) in [4.78, 5) is 5.68. The van der Waals surface area contributed by atoms with Gasteiger partial charge in [0.15, 0.2) is 0 Å². The Hall–Kier alpha value is -2.13. The van der Waals surface area contributed by atoms with Gasteiger partial charge in [0.25, 0.3) is 0 Å². The minimum Gasteiger partial charge on any atom is -0.508 e. The molecule has 2 nitrogen and oxygen atoms in total. The van der Waals surface area contributed by atoms with E-state index in [0.29, 0.717) is 5.75 Å². The Balaban J connectivity index is 2.02. The topological polar surface area (TPSA) is 33.1 Å². The Morgan fingerprint density at radius 1 is 1.14 bits per heavy atom. The SMILES string of the molecule is Cc1ccc(O)c(C(Cc2ccccn2)c2cccs2)c1. The minimum atomic E-state index is 0.139. The van der Waals surface area contributed by atoms with Crippen LogP contribution in [0.15, 0.2) is 60.1 Å². The Morgan fingerprint density at radius 2 is 2.05 bits per heavy atom. The fourth-order valence-electron chi connectivity index (χ4n) is 2.53. The van der Waals surface area contributed by atoms with Gasteiger partial charge in [-0.15, -0.1) is 11.3 Å². The van der Waals surface area contributed by atoms with Crippen LogP contribution < -0.4 is 0 Å². The molecule has 0 spiro atoms. The van der Waals surface area contributed by atoms with Crippen molar-refractivity contribution in [2.45, 2.75) is 19.3 Å². The molecule has 2 aromatic heterocycles. The molecule has 2 heterocycles. The van der Waals surface area contributed by atoms with Gasteiger partial charge in [-0.3, -0.25) is 4.98 Å². The number of aromatic nitrogens is 1. The number of rotatable bonds is 4. The van der Waals surface area contributed by atoms with Gasteiger partial charge in [-0.25, -0.2) is 0 Å². The number of thiophene rings is 1. The highest BCUT2D eigenvalue weighted by atomic mass is 32.1. The van der Waals surface area contributed by atoms with Crippen molar-refractivity contribution >= 4 is 11.3 Å². The van der Waals surface area contributed by atoms with Gasteiger partial charge < -0.3 is 5.11 Å². The number of phenols is 1. The molecule has 0 aliphatic rings. The first-order chi connectivity index (χ1) is 10.2. The summed E-state index contributed by atoms with van der Waals surface area (Å²) in [5.74, 6) is 0.495. The van der Waals surface area contributed by atoms with Crippen LogP contribution in [-0.4, -0.2) is 10.1 Å². The second-order valence-electron chi connectivity index (χ2n) is 5.16. The van der Waals surface area contributed by atoms with Crippen LogP contribution in [0.5, 0.6) is 5.75 Å². The molecule has 1 atom stereocenters. The van der Waals surface area contributed by atoms with Crippen LogP contribution in [-0.2, 0) is 6.42 Å². The summed E-state index contributed by atoms with van der Waals surface area (Å²) in [6.07, 6.45) is 2.61. The Morgan fingerprint density at radius 3 is 2.76 bits per heavy atom. The molecule has 3 rings (SSSR count). The van der Waals surface area contributed by atoms with E-state index >= 15 is 0 Å². The number of hydrogen-bond donors (Lipinski definition) is 1. The zero-order valence-corrected chi connectivity index (χ0v) is 12.7. The normalized spacial score (nSPS) is 12.2. The summed E-state index contributed by atoms with van der Waals surface area (Å²) in [7, 11) is 0. The molecular formula is C18H17NOS. The first-order valence-electron chi connectivity index (χ1n) is 6.97. The van der Waals surface area contributed by atoms with E-state index in [2.05, 4.69) is 35.5 Å². The van der Waals surface area contributed by atoms with Crippen LogP contribution in [0, 0.1) is 6.92 Å². The second kappa shape index (κ2) is 6.10. The Kier molecular flexibility index (Phi) is 4.02. The third-order valence-electron chi connectivity index (χ3n) is 3.58. The molecule has 1 N–H and O–H groups in total. The van der Waals surface area contributed by atoms with Gasteiger partial charge in [0, 0.05) is 34.7 Å². The van der Waals surface area contributed by atoms with Crippen molar-refractivity contribution in [3.8, 4) is 5.75 Å². The molecule has 0 saturated heterocycles. The summed E-state index contributed by atoms with van der Waals surface area (Å²) in [5, 5.41) is 12.3. The van der Waals surface area contributed by atoms with Crippen LogP contribution in [0.25, 0.3) is 0 Å². The predicted octanol–water partition coefficient (Wildman–Crippen LogP) is 4.53. The molecule has 0 fully saturated rings. The molecule has 0 aliphatic carbocycles. The highest BCUT2D eigenvalue weighted by Crippen LogP contribution is 2.36. The molecule has 3 heteroatoms. The van der Waals surface area contributed by atoms with Crippen LogP contribution in [0.2, 0.25) is 0 Å². The number of nitrogens with zero attached hydrogens (tertiary/aromatic N) is 1. The molecule has 106 valence electrons. The van der Waals surface area contributed by atoms with E-state index < -0.39 is 0 Å². The second-order valence-corrected chi connectivity index (χ2v) is 6.13. The summed E-state index contributed by atoms with van der Waals surface area (Å²) in [6, 6.07) is 15.9. The average molecular weight is 295 g/mol. The predicted molar refractivity (Wildman–Crippen MR) is 86.9 cm³/mol. The van der Waals surface area contributed by atoms with Gasteiger partial charge in [-0.05, 0) is 36.6 Å². The molecular weight excluding hydrogens is 278 g/mol. The monoisotopic (exact) mass is 295 g/mol. The van der Waals surface area contributed by atoms with Crippen molar-refractivity contribution < 1.29 is 5.11 Å². The average Bonchev–Trinajstić information content (AvgIpc) is 3.03. The summed E-state index contributed by atoms with van der Waals surface area (Å²) >= 11 is 1.72. The zero-order valence-electron chi connectivity index (χ0n) is 11.9. The van der Waals surface area contributed by atoms with Crippen molar-refractivity contribution in [1.82, 2.24) is 4.98 Å². The van der Waals surface area contributed by atoms with E-state index in [0.717, 1.165) is 23.2 Å². The first kappa shape index (κ1) is 13.8. The number of benzene rings is 1. The fraction of sp³-hybridized carbons (Fsp3) is 0.167. The largest absolute Gasteiger partial charge is 0.508 e. The zero-order chi connectivity index (χ0) is 14.7. The minimum absolute atomic E-state index is 0.139. The molecule has 1 unspecified atom stereocenters. The number of aromatic hydroxyl groups is 1. The van der Waals surface area contributed by atoms with Gasteiger partial charge >= 0.3 is 0 Å². The summed E-state index contributed by atoms with van der Waals surface area (Å²) in [5.41, 5.74) is 3.17. The molecule has 0 bridgehead atoms. The lowest BCUT2D eigenvalue weighted by Crippen LogP contribution is -2.05. The third kappa shape index (κ3) is 3.14. The van der Waals surface area contributed by atoms with Crippen molar-refractivity contribution in [3.63, 3.8) is 0 Å². The fourth-order valence-corrected chi connectivity index (χ4v) is 3.38. The van der Waals surface area contributed by atoms with Crippen molar-refractivity contribution in [2.75, 3.05) is 0 Å².